The summed E-state index contributed by atoms with van der Waals surface area (Å²) in [5.74, 6) is -0.638. The van der Waals surface area contributed by atoms with E-state index in [1.54, 1.807) is 17.0 Å². The zero-order chi connectivity index (χ0) is 20.9. The van der Waals surface area contributed by atoms with Gasteiger partial charge in [0.1, 0.15) is 6.04 Å². The summed E-state index contributed by atoms with van der Waals surface area (Å²) in [5.41, 5.74) is 4.87. The van der Waals surface area contributed by atoms with Crippen LogP contribution in [0.4, 0.5) is 0 Å². The lowest BCUT2D eigenvalue weighted by Gasteiger charge is -2.31. The molecule has 0 aliphatic carbocycles. The molecule has 3 aromatic carbocycles. The number of rotatable bonds is 5. The second kappa shape index (κ2) is 8.93. The molecule has 3 aromatic rings. The highest BCUT2D eigenvalue weighted by molar-refractivity contribution is 5.98. The fraction of sp³-hybridized carbons (Fsp3) is 0.200. The van der Waals surface area contributed by atoms with Crippen LogP contribution in [0.5, 0.6) is 0 Å². The Hall–Kier alpha value is -3.44. The van der Waals surface area contributed by atoms with E-state index in [1.807, 2.05) is 60.7 Å². The fourth-order valence-corrected chi connectivity index (χ4v) is 3.78. The molecule has 1 atom stereocenters. The largest absolute Gasteiger partial charge is 0.394 e. The van der Waals surface area contributed by atoms with E-state index in [0.29, 0.717) is 18.7 Å². The van der Waals surface area contributed by atoms with Crippen molar-refractivity contribution in [3.63, 3.8) is 0 Å². The summed E-state index contributed by atoms with van der Waals surface area (Å²) in [6, 6.07) is 24.2. The van der Waals surface area contributed by atoms with Gasteiger partial charge in [0.05, 0.1) is 6.61 Å². The first-order chi connectivity index (χ1) is 14.7. The fourth-order valence-electron chi connectivity index (χ4n) is 3.78. The first-order valence-electron chi connectivity index (χ1n) is 10.1. The van der Waals surface area contributed by atoms with Crippen LogP contribution in [0.1, 0.15) is 21.5 Å². The molecular formula is C25H24N2O3. The van der Waals surface area contributed by atoms with E-state index in [9.17, 15) is 14.7 Å². The second-order valence-corrected chi connectivity index (χ2v) is 7.43. The van der Waals surface area contributed by atoms with Crippen LogP contribution in [-0.2, 0) is 17.8 Å². The van der Waals surface area contributed by atoms with Gasteiger partial charge in [0, 0.05) is 18.7 Å². The van der Waals surface area contributed by atoms with Crippen LogP contribution in [-0.4, -0.2) is 41.0 Å². The minimum atomic E-state index is -0.962. The van der Waals surface area contributed by atoms with E-state index in [1.165, 1.54) is 5.56 Å². The van der Waals surface area contributed by atoms with Crippen molar-refractivity contribution < 1.29 is 14.7 Å². The Balaban J connectivity index is 1.42. The maximum absolute atomic E-state index is 12.9. The van der Waals surface area contributed by atoms with Gasteiger partial charge in [-0.15, -0.1) is 0 Å². The van der Waals surface area contributed by atoms with Gasteiger partial charge < -0.3 is 15.3 Å². The van der Waals surface area contributed by atoms with Crippen LogP contribution in [0.3, 0.4) is 0 Å². The van der Waals surface area contributed by atoms with E-state index in [-0.39, 0.29) is 11.8 Å². The van der Waals surface area contributed by atoms with Gasteiger partial charge in [-0.2, -0.15) is 0 Å². The van der Waals surface area contributed by atoms with Gasteiger partial charge in [-0.05, 0) is 40.8 Å². The normalized spacial score (nSPS) is 14.0. The number of benzene rings is 3. The highest BCUT2D eigenvalue weighted by Gasteiger charge is 2.28. The minimum absolute atomic E-state index is 0.263. The first-order valence-corrected chi connectivity index (χ1v) is 10.1. The SMILES string of the molecule is O=C(N[C@@H](CO)C(=O)N1CCc2ccccc2C1)c1ccc(-c2ccccc2)cc1. The van der Waals surface area contributed by atoms with Crippen molar-refractivity contribution in [2.45, 2.75) is 19.0 Å². The van der Waals surface area contributed by atoms with Crippen LogP contribution >= 0.6 is 0 Å². The Morgan fingerprint density at radius 2 is 1.50 bits per heavy atom. The summed E-state index contributed by atoms with van der Waals surface area (Å²) in [7, 11) is 0. The smallest absolute Gasteiger partial charge is 0.251 e. The Morgan fingerprint density at radius 1 is 0.867 bits per heavy atom. The number of aliphatic hydroxyl groups is 1. The first kappa shape index (κ1) is 19.9. The Morgan fingerprint density at radius 3 is 2.20 bits per heavy atom. The zero-order valence-corrected chi connectivity index (χ0v) is 16.6. The number of hydrogen-bond donors (Lipinski definition) is 2. The lowest BCUT2D eigenvalue weighted by Crippen LogP contribution is -2.51. The third-order valence-corrected chi connectivity index (χ3v) is 5.48. The molecule has 1 aliphatic rings. The predicted octanol–water partition coefficient (Wildman–Crippen LogP) is 3.03. The number of carbonyl (C=O) groups excluding carboxylic acids is 2. The average molecular weight is 400 g/mol. The van der Waals surface area contributed by atoms with Crippen LogP contribution in [0, 0.1) is 0 Å². The minimum Gasteiger partial charge on any atom is -0.394 e. The molecule has 152 valence electrons. The lowest BCUT2D eigenvalue weighted by atomic mass is 9.99. The third-order valence-electron chi connectivity index (χ3n) is 5.48. The maximum atomic E-state index is 12.9. The molecule has 1 aliphatic heterocycles. The van der Waals surface area contributed by atoms with Gasteiger partial charge >= 0.3 is 0 Å². The zero-order valence-electron chi connectivity index (χ0n) is 16.6. The monoisotopic (exact) mass is 400 g/mol. The second-order valence-electron chi connectivity index (χ2n) is 7.43. The van der Waals surface area contributed by atoms with Gasteiger partial charge in [0.2, 0.25) is 5.91 Å². The molecule has 0 spiro atoms. The van der Waals surface area contributed by atoms with Crippen molar-refractivity contribution >= 4 is 11.8 Å². The molecule has 5 heteroatoms. The summed E-state index contributed by atoms with van der Waals surface area (Å²) in [6.07, 6.45) is 0.773. The van der Waals surface area contributed by atoms with Gasteiger partial charge in [-0.3, -0.25) is 9.59 Å². The molecule has 5 nitrogen and oxygen atoms in total. The van der Waals surface area contributed by atoms with E-state index in [2.05, 4.69) is 11.4 Å². The van der Waals surface area contributed by atoms with Crippen molar-refractivity contribution in [1.29, 1.82) is 0 Å². The molecule has 1 heterocycles. The van der Waals surface area contributed by atoms with Gasteiger partial charge in [-0.1, -0.05) is 66.7 Å². The molecule has 0 fully saturated rings. The summed E-state index contributed by atoms with van der Waals surface area (Å²) < 4.78 is 0. The van der Waals surface area contributed by atoms with Crippen molar-refractivity contribution in [2.75, 3.05) is 13.2 Å². The molecule has 0 saturated heterocycles. The molecule has 0 radical (unpaired) electrons. The highest BCUT2D eigenvalue weighted by atomic mass is 16.3. The number of nitrogens with zero attached hydrogens (tertiary/aromatic N) is 1. The maximum Gasteiger partial charge on any atom is 0.251 e. The van der Waals surface area contributed by atoms with Gasteiger partial charge in [0.25, 0.3) is 5.91 Å². The molecule has 4 rings (SSSR count). The summed E-state index contributed by atoms with van der Waals surface area (Å²) in [4.78, 5) is 27.2. The van der Waals surface area contributed by atoms with Crippen molar-refractivity contribution in [3.8, 4) is 11.1 Å². The summed E-state index contributed by atoms with van der Waals surface area (Å²) in [5, 5.41) is 12.4. The Kier molecular flexibility index (Phi) is 5.91. The average Bonchev–Trinajstić information content (AvgIpc) is 2.82. The van der Waals surface area contributed by atoms with Gasteiger partial charge in [-0.25, -0.2) is 0 Å². The van der Waals surface area contributed by atoms with Crippen LogP contribution < -0.4 is 5.32 Å². The third kappa shape index (κ3) is 4.26. The number of hydrogen-bond acceptors (Lipinski definition) is 3. The molecule has 0 saturated carbocycles. The highest BCUT2D eigenvalue weighted by Crippen LogP contribution is 2.20. The van der Waals surface area contributed by atoms with Crippen molar-refractivity contribution in [1.82, 2.24) is 10.2 Å². The Labute approximate surface area is 176 Å². The molecule has 0 unspecified atom stereocenters. The topological polar surface area (TPSA) is 69.6 Å². The van der Waals surface area contributed by atoms with Crippen molar-refractivity contribution in [3.05, 3.63) is 95.6 Å². The summed E-state index contributed by atoms with van der Waals surface area (Å²) >= 11 is 0. The molecule has 2 N–H and O–H groups in total. The van der Waals surface area contributed by atoms with Crippen LogP contribution in [0.2, 0.25) is 0 Å². The molecular weight excluding hydrogens is 376 g/mol. The standard InChI is InChI=1S/C25H24N2O3/c28-17-23(25(30)27-15-14-19-8-4-5-9-22(19)16-27)26-24(29)21-12-10-20(11-13-21)18-6-2-1-3-7-18/h1-13,23,28H,14-17H2,(H,26,29)/t23-/m0/s1. The van der Waals surface area contributed by atoms with E-state index in [4.69, 9.17) is 0 Å². The lowest BCUT2D eigenvalue weighted by molar-refractivity contribution is -0.135. The van der Waals surface area contributed by atoms with Crippen LogP contribution in [0.15, 0.2) is 78.9 Å². The van der Waals surface area contributed by atoms with E-state index >= 15 is 0 Å². The van der Waals surface area contributed by atoms with E-state index < -0.39 is 12.6 Å². The van der Waals surface area contributed by atoms with E-state index in [0.717, 1.165) is 23.1 Å². The quantitative estimate of drug-likeness (QED) is 0.692. The summed E-state index contributed by atoms with van der Waals surface area (Å²) in [6.45, 7) is 0.631. The molecule has 0 aromatic heterocycles. The molecule has 30 heavy (non-hydrogen) atoms. The van der Waals surface area contributed by atoms with Crippen molar-refractivity contribution in [2.24, 2.45) is 0 Å². The Bertz CT molecular complexity index is 1030. The number of fused-ring (bicyclic) bond motifs is 1. The molecule has 2 amide bonds. The predicted molar refractivity (Wildman–Crippen MR) is 116 cm³/mol. The molecule has 0 bridgehead atoms. The number of carbonyl (C=O) groups is 2. The number of nitrogens with one attached hydrogen (secondary N) is 1. The number of amides is 2. The van der Waals surface area contributed by atoms with Crippen LogP contribution in [0.25, 0.3) is 11.1 Å². The van der Waals surface area contributed by atoms with Gasteiger partial charge in [0.15, 0.2) is 0 Å². The number of aliphatic hydroxyl groups excluding tert-OH is 1.